The Morgan fingerprint density at radius 1 is 0.939 bits per heavy atom. The largest absolute Gasteiger partial charge is 0.497 e. The highest BCUT2D eigenvalue weighted by Gasteiger charge is 2.33. The maximum atomic E-state index is 12.8. The van der Waals surface area contributed by atoms with Gasteiger partial charge in [0, 0.05) is 30.7 Å². The van der Waals surface area contributed by atoms with Crippen LogP contribution in [0.2, 0.25) is 0 Å². The van der Waals surface area contributed by atoms with Crippen LogP contribution in [-0.2, 0) is 9.59 Å². The second-order valence-electron chi connectivity index (χ2n) is 8.86. The summed E-state index contributed by atoms with van der Waals surface area (Å²) in [6.45, 7) is 3.30. The minimum Gasteiger partial charge on any atom is -0.497 e. The molecule has 176 valence electrons. The Hall–Kier alpha value is -2.57. The minimum absolute atomic E-state index is 0.00442. The van der Waals surface area contributed by atoms with E-state index in [1.54, 1.807) is 7.11 Å². The molecular weight excluding hydrogens is 438 g/mol. The molecule has 2 aliphatic rings. The van der Waals surface area contributed by atoms with Crippen LogP contribution >= 0.6 is 11.6 Å². The summed E-state index contributed by atoms with van der Waals surface area (Å²) in [5, 5.41) is 2.41. The molecule has 0 aliphatic carbocycles. The number of rotatable bonds is 6. The van der Waals surface area contributed by atoms with Crippen molar-refractivity contribution in [3.8, 4) is 5.75 Å². The summed E-state index contributed by atoms with van der Waals surface area (Å²) in [7, 11) is 1.63. The first-order valence-corrected chi connectivity index (χ1v) is 12.2. The zero-order chi connectivity index (χ0) is 23.2. The third kappa shape index (κ3) is 5.87. The lowest BCUT2D eigenvalue weighted by molar-refractivity contribution is -0.132. The van der Waals surface area contributed by atoms with Gasteiger partial charge in [-0.3, -0.25) is 9.59 Å². The number of hydrogen-bond acceptors (Lipinski definition) is 4. The number of likely N-dealkylation sites (tertiary alicyclic amines) is 2. The fourth-order valence-electron chi connectivity index (χ4n) is 4.82. The van der Waals surface area contributed by atoms with Gasteiger partial charge in [0.05, 0.1) is 7.11 Å². The molecule has 7 heteroatoms. The fourth-order valence-corrected chi connectivity index (χ4v) is 5.11. The van der Waals surface area contributed by atoms with Gasteiger partial charge in [-0.25, -0.2) is 0 Å². The molecule has 0 saturated carbocycles. The molecule has 4 rings (SSSR count). The molecule has 6 nitrogen and oxygen atoms in total. The highest BCUT2D eigenvalue weighted by atomic mass is 35.5. The standard InChI is InChI=1S/C26H32ClN3O3/c1-33-23-9-7-21(8-10-23)28-25(31)20-11-15-29(16-12-20)22-13-17-30(18-14-22)26(32)24(27)19-5-3-2-4-6-19/h2-10,20,22,24H,11-18H2,1H3,(H,28,31). The van der Waals surface area contributed by atoms with Crippen LogP contribution in [0.3, 0.4) is 0 Å². The molecule has 2 saturated heterocycles. The number of hydrogen-bond donors (Lipinski definition) is 1. The van der Waals surface area contributed by atoms with Crippen LogP contribution in [0.15, 0.2) is 54.6 Å². The van der Waals surface area contributed by atoms with E-state index in [4.69, 9.17) is 16.3 Å². The highest BCUT2D eigenvalue weighted by Crippen LogP contribution is 2.28. The number of nitrogens with one attached hydrogen (secondary N) is 1. The second-order valence-corrected chi connectivity index (χ2v) is 9.29. The first-order chi connectivity index (χ1) is 16.0. The van der Waals surface area contributed by atoms with E-state index in [-0.39, 0.29) is 17.7 Å². The number of methoxy groups -OCH3 is 1. The fraction of sp³-hybridized carbons (Fsp3) is 0.462. The molecule has 1 N–H and O–H groups in total. The van der Waals surface area contributed by atoms with E-state index >= 15 is 0 Å². The van der Waals surface area contributed by atoms with Crippen LogP contribution in [0.5, 0.6) is 5.75 Å². The van der Waals surface area contributed by atoms with Crippen LogP contribution in [-0.4, -0.2) is 60.9 Å². The summed E-state index contributed by atoms with van der Waals surface area (Å²) in [6.07, 6.45) is 3.62. The van der Waals surface area contributed by atoms with Gasteiger partial charge in [0.25, 0.3) is 0 Å². The number of ether oxygens (including phenoxy) is 1. The second kappa shape index (κ2) is 11.0. The van der Waals surface area contributed by atoms with Crippen molar-refractivity contribution in [1.82, 2.24) is 9.80 Å². The number of anilines is 1. The molecule has 0 bridgehead atoms. The molecule has 0 aromatic heterocycles. The molecule has 2 amide bonds. The highest BCUT2D eigenvalue weighted by molar-refractivity contribution is 6.30. The van der Waals surface area contributed by atoms with Crippen LogP contribution in [0.25, 0.3) is 0 Å². The molecule has 2 fully saturated rings. The molecule has 0 spiro atoms. The van der Waals surface area contributed by atoms with Crippen LogP contribution in [0, 0.1) is 5.92 Å². The van der Waals surface area contributed by atoms with Gasteiger partial charge in [0.2, 0.25) is 11.8 Å². The quantitative estimate of drug-likeness (QED) is 0.640. The SMILES string of the molecule is COc1ccc(NC(=O)C2CCN(C3CCN(C(=O)C(Cl)c4ccccc4)CC3)CC2)cc1. The Morgan fingerprint density at radius 2 is 1.58 bits per heavy atom. The zero-order valence-corrected chi connectivity index (χ0v) is 19.8. The summed E-state index contributed by atoms with van der Waals surface area (Å²) < 4.78 is 5.16. The summed E-state index contributed by atoms with van der Waals surface area (Å²) in [5.41, 5.74) is 1.65. The Kier molecular flexibility index (Phi) is 7.89. The third-order valence-corrected chi connectivity index (χ3v) is 7.30. The van der Waals surface area contributed by atoms with E-state index in [9.17, 15) is 9.59 Å². The average Bonchev–Trinajstić information content (AvgIpc) is 2.89. The van der Waals surface area contributed by atoms with Gasteiger partial charge in [-0.2, -0.15) is 0 Å². The van der Waals surface area contributed by atoms with E-state index in [0.717, 1.165) is 68.9 Å². The lowest BCUT2D eigenvalue weighted by Gasteiger charge is -2.41. The molecule has 1 unspecified atom stereocenters. The molecule has 2 heterocycles. The number of halogens is 1. The first kappa shape index (κ1) is 23.6. The number of carbonyl (C=O) groups is 2. The van der Waals surface area contributed by atoms with E-state index in [1.807, 2.05) is 59.5 Å². The molecule has 2 aromatic carbocycles. The maximum Gasteiger partial charge on any atom is 0.245 e. The van der Waals surface area contributed by atoms with Gasteiger partial charge in [-0.05, 0) is 68.6 Å². The van der Waals surface area contributed by atoms with Crippen molar-refractivity contribution >= 4 is 29.1 Å². The van der Waals surface area contributed by atoms with Gasteiger partial charge in [0.1, 0.15) is 11.1 Å². The van der Waals surface area contributed by atoms with Crippen molar-refractivity contribution in [2.24, 2.45) is 5.92 Å². The van der Waals surface area contributed by atoms with Gasteiger partial charge >= 0.3 is 0 Å². The van der Waals surface area contributed by atoms with Crippen molar-refractivity contribution in [3.63, 3.8) is 0 Å². The number of amides is 2. The lowest BCUT2D eigenvalue weighted by atomic mass is 9.92. The zero-order valence-electron chi connectivity index (χ0n) is 19.1. The number of alkyl halides is 1. The molecule has 33 heavy (non-hydrogen) atoms. The maximum absolute atomic E-state index is 12.8. The number of carbonyl (C=O) groups excluding carboxylic acids is 2. The Morgan fingerprint density at radius 3 is 2.18 bits per heavy atom. The first-order valence-electron chi connectivity index (χ1n) is 11.7. The third-order valence-electron chi connectivity index (χ3n) is 6.86. The normalized spacial score (nSPS) is 19.2. The van der Waals surface area contributed by atoms with E-state index in [2.05, 4.69) is 10.2 Å². The van der Waals surface area contributed by atoms with Gasteiger partial charge in [0.15, 0.2) is 0 Å². The van der Waals surface area contributed by atoms with Crippen LogP contribution in [0.1, 0.15) is 36.6 Å². The molecule has 2 aliphatic heterocycles. The Labute approximate surface area is 200 Å². The summed E-state index contributed by atoms with van der Waals surface area (Å²) in [6, 6.07) is 17.4. The minimum atomic E-state index is -0.622. The van der Waals surface area contributed by atoms with E-state index in [1.165, 1.54) is 0 Å². The molecular formula is C26H32ClN3O3. The Bertz CT molecular complexity index is 922. The van der Waals surface area contributed by atoms with Crippen molar-refractivity contribution in [1.29, 1.82) is 0 Å². The smallest absolute Gasteiger partial charge is 0.245 e. The predicted molar refractivity (Wildman–Crippen MR) is 131 cm³/mol. The summed E-state index contributed by atoms with van der Waals surface area (Å²) in [5.74, 6) is 0.896. The van der Waals surface area contributed by atoms with Crippen LogP contribution < -0.4 is 10.1 Å². The van der Waals surface area contributed by atoms with Gasteiger partial charge in [-0.15, -0.1) is 11.6 Å². The van der Waals surface area contributed by atoms with Crippen molar-refractivity contribution in [2.45, 2.75) is 37.1 Å². The van der Waals surface area contributed by atoms with E-state index < -0.39 is 5.38 Å². The van der Waals surface area contributed by atoms with Gasteiger partial charge in [-0.1, -0.05) is 30.3 Å². The summed E-state index contributed by atoms with van der Waals surface area (Å²) in [4.78, 5) is 29.9. The average molecular weight is 470 g/mol. The van der Waals surface area contributed by atoms with E-state index in [0.29, 0.717) is 6.04 Å². The lowest BCUT2D eigenvalue weighted by Crippen LogP contribution is -2.50. The number of piperidine rings is 2. The van der Waals surface area contributed by atoms with Crippen molar-refractivity contribution in [3.05, 3.63) is 60.2 Å². The molecule has 1 atom stereocenters. The molecule has 2 aromatic rings. The topological polar surface area (TPSA) is 61.9 Å². The van der Waals surface area contributed by atoms with Crippen molar-refractivity contribution < 1.29 is 14.3 Å². The molecule has 0 radical (unpaired) electrons. The summed E-state index contributed by atoms with van der Waals surface area (Å²) >= 11 is 6.45. The van der Waals surface area contributed by atoms with Crippen molar-refractivity contribution in [2.75, 3.05) is 38.6 Å². The van der Waals surface area contributed by atoms with Gasteiger partial charge < -0.3 is 19.9 Å². The van der Waals surface area contributed by atoms with Crippen LogP contribution in [0.4, 0.5) is 5.69 Å². The predicted octanol–water partition coefficient (Wildman–Crippen LogP) is 4.32. The monoisotopic (exact) mass is 469 g/mol. The Balaban J connectivity index is 1.21. The number of benzene rings is 2. The number of nitrogens with zero attached hydrogens (tertiary/aromatic N) is 2.